The smallest absolute Gasteiger partial charge is 0.204 e. The molecule has 1 atom stereocenters. The lowest BCUT2D eigenvalue weighted by Crippen LogP contribution is -2.37. The van der Waals surface area contributed by atoms with Crippen molar-refractivity contribution in [2.24, 2.45) is 5.92 Å². The maximum atomic E-state index is 4.02. The van der Waals surface area contributed by atoms with Gasteiger partial charge in [0.05, 0.1) is 0 Å². The summed E-state index contributed by atoms with van der Waals surface area (Å²) in [7, 11) is 2.20. The number of H-pyrrole nitrogens is 1. The first kappa shape index (κ1) is 14.0. The van der Waals surface area contributed by atoms with E-state index in [9.17, 15) is 0 Å². The molecule has 2 heterocycles. The third-order valence-corrected chi connectivity index (χ3v) is 4.33. The Kier molecular flexibility index (Phi) is 4.15. The molecule has 1 fully saturated rings. The van der Waals surface area contributed by atoms with E-state index in [0.29, 0.717) is 11.9 Å². The lowest BCUT2D eigenvalue weighted by atomic mass is 9.90. The fraction of sp³-hybridized carbons (Fsp3) is 0.533. The average Bonchev–Trinajstić information content (AvgIpc) is 3.02. The summed E-state index contributed by atoms with van der Waals surface area (Å²) < 4.78 is 0. The van der Waals surface area contributed by atoms with E-state index in [1.165, 1.54) is 25.9 Å². The summed E-state index contributed by atoms with van der Waals surface area (Å²) in [5, 5.41) is 17.8. The standard InChI is InChI=1S/C15H22N6/c1-11(12-6-8-21(2)9-7-12)16-14-5-3-4-13(10-14)15-17-19-20-18-15/h3-5,10-12,16H,6-9H2,1-2H3,(H,17,18,19,20). The summed E-state index contributed by atoms with van der Waals surface area (Å²) >= 11 is 0. The molecular weight excluding hydrogens is 264 g/mol. The highest BCUT2D eigenvalue weighted by Crippen LogP contribution is 2.24. The zero-order chi connectivity index (χ0) is 14.7. The molecule has 1 aliphatic heterocycles. The van der Waals surface area contributed by atoms with Crippen molar-refractivity contribution < 1.29 is 0 Å². The summed E-state index contributed by atoms with van der Waals surface area (Å²) in [4.78, 5) is 2.40. The molecule has 6 heteroatoms. The molecule has 0 radical (unpaired) electrons. The third kappa shape index (κ3) is 3.39. The Morgan fingerprint density at radius 2 is 2.14 bits per heavy atom. The lowest BCUT2D eigenvalue weighted by Gasteiger charge is -2.33. The van der Waals surface area contributed by atoms with E-state index in [0.717, 1.165) is 17.2 Å². The lowest BCUT2D eigenvalue weighted by molar-refractivity contribution is 0.208. The summed E-state index contributed by atoms with van der Waals surface area (Å²) in [6, 6.07) is 8.66. The molecule has 1 saturated heterocycles. The molecular formula is C15H22N6. The minimum atomic E-state index is 0.471. The van der Waals surface area contributed by atoms with Crippen molar-refractivity contribution in [3.05, 3.63) is 24.3 Å². The van der Waals surface area contributed by atoms with Crippen LogP contribution in [0.2, 0.25) is 0 Å². The Morgan fingerprint density at radius 3 is 2.86 bits per heavy atom. The first-order valence-electron chi connectivity index (χ1n) is 7.51. The van der Waals surface area contributed by atoms with Gasteiger partial charge in [-0.25, -0.2) is 0 Å². The van der Waals surface area contributed by atoms with Gasteiger partial charge in [0.25, 0.3) is 0 Å². The number of hydrogen-bond donors (Lipinski definition) is 2. The minimum absolute atomic E-state index is 0.471. The molecule has 0 amide bonds. The van der Waals surface area contributed by atoms with Crippen LogP contribution in [0, 0.1) is 5.92 Å². The highest BCUT2D eigenvalue weighted by atomic mass is 15.5. The number of hydrogen-bond acceptors (Lipinski definition) is 5. The largest absolute Gasteiger partial charge is 0.382 e. The van der Waals surface area contributed by atoms with E-state index in [1.54, 1.807) is 0 Å². The van der Waals surface area contributed by atoms with Gasteiger partial charge in [-0.15, -0.1) is 10.2 Å². The van der Waals surface area contributed by atoms with Crippen LogP contribution in [0.15, 0.2) is 24.3 Å². The molecule has 2 aromatic rings. The van der Waals surface area contributed by atoms with Gasteiger partial charge >= 0.3 is 0 Å². The van der Waals surface area contributed by atoms with Crippen LogP contribution in [0.5, 0.6) is 0 Å². The monoisotopic (exact) mass is 286 g/mol. The van der Waals surface area contributed by atoms with Crippen molar-refractivity contribution in [2.75, 3.05) is 25.5 Å². The second kappa shape index (κ2) is 6.22. The molecule has 1 aromatic heterocycles. The molecule has 0 aliphatic carbocycles. The van der Waals surface area contributed by atoms with Gasteiger partial charge in [-0.3, -0.25) is 0 Å². The van der Waals surface area contributed by atoms with Crippen LogP contribution in [0.3, 0.4) is 0 Å². The van der Waals surface area contributed by atoms with E-state index in [4.69, 9.17) is 0 Å². The normalized spacial score (nSPS) is 18.6. The van der Waals surface area contributed by atoms with Crippen molar-refractivity contribution in [1.82, 2.24) is 25.5 Å². The Balaban J connectivity index is 1.66. The number of benzene rings is 1. The van der Waals surface area contributed by atoms with Crippen molar-refractivity contribution in [3.8, 4) is 11.4 Å². The van der Waals surface area contributed by atoms with Gasteiger partial charge in [0.1, 0.15) is 0 Å². The van der Waals surface area contributed by atoms with Crippen LogP contribution >= 0.6 is 0 Å². The molecule has 1 aliphatic rings. The summed E-state index contributed by atoms with van der Waals surface area (Å²) in [6.45, 7) is 4.66. The number of aromatic amines is 1. The number of nitrogens with one attached hydrogen (secondary N) is 2. The van der Waals surface area contributed by atoms with Gasteiger partial charge < -0.3 is 10.2 Å². The first-order valence-corrected chi connectivity index (χ1v) is 7.51. The van der Waals surface area contributed by atoms with Gasteiger partial charge in [-0.1, -0.05) is 12.1 Å². The van der Waals surface area contributed by atoms with Gasteiger partial charge in [0.15, 0.2) is 0 Å². The zero-order valence-corrected chi connectivity index (χ0v) is 12.6. The maximum absolute atomic E-state index is 4.02. The molecule has 6 nitrogen and oxygen atoms in total. The Morgan fingerprint density at radius 1 is 1.33 bits per heavy atom. The Hall–Kier alpha value is -1.95. The van der Waals surface area contributed by atoms with Gasteiger partial charge in [0, 0.05) is 17.3 Å². The van der Waals surface area contributed by atoms with Crippen molar-refractivity contribution in [2.45, 2.75) is 25.8 Å². The van der Waals surface area contributed by atoms with E-state index >= 15 is 0 Å². The molecule has 3 rings (SSSR count). The number of anilines is 1. The highest BCUT2D eigenvalue weighted by Gasteiger charge is 2.22. The summed E-state index contributed by atoms with van der Waals surface area (Å²) in [5.41, 5.74) is 2.09. The van der Waals surface area contributed by atoms with Gasteiger partial charge in [0.2, 0.25) is 5.82 Å². The number of likely N-dealkylation sites (tertiary alicyclic amines) is 1. The van der Waals surface area contributed by atoms with Crippen LogP contribution in [-0.2, 0) is 0 Å². The van der Waals surface area contributed by atoms with Crippen LogP contribution in [-0.4, -0.2) is 51.7 Å². The van der Waals surface area contributed by atoms with E-state index < -0.39 is 0 Å². The fourth-order valence-corrected chi connectivity index (χ4v) is 2.94. The molecule has 112 valence electrons. The fourth-order valence-electron chi connectivity index (χ4n) is 2.94. The maximum Gasteiger partial charge on any atom is 0.204 e. The molecule has 2 N–H and O–H groups in total. The zero-order valence-electron chi connectivity index (χ0n) is 12.6. The van der Waals surface area contributed by atoms with Crippen LogP contribution in [0.25, 0.3) is 11.4 Å². The van der Waals surface area contributed by atoms with Crippen molar-refractivity contribution >= 4 is 5.69 Å². The van der Waals surface area contributed by atoms with Crippen molar-refractivity contribution in [1.29, 1.82) is 0 Å². The van der Waals surface area contributed by atoms with Crippen LogP contribution < -0.4 is 5.32 Å². The molecule has 0 spiro atoms. The van der Waals surface area contributed by atoms with E-state index in [1.807, 2.05) is 12.1 Å². The summed E-state index contributed by atoms with van der Waals surface area (Å²) in [6.07, 6.45) is 2.52. The average molecular weight is 286 g/mol. The number of aromatic nitrogens is 4. The summed E-state index contributed by atoms with van der Waals surface area (Å²) in [5.74, 6) is 1.36. The second-order valence-corrected chi connectivity index (χ2v) is 5.89. The number of nitrogens with zero attached hydrogens (tertiary/aromatic N) is 4. The predicted molar refractivity (Wildman–Crippen MR) is 82.9 cm³/mol. The molecule has 0 bridgehead atoms. The molecule has 1 aromatic carbocycles. The van der Waals surface area contributed by atoms with Crippen LogP contribution in [0.1, 0.15) is 19.8 Å². The predicted octanol–water partition coefficient (Wildman–Crippen LogP) is 2.01. The van der Waals surface area contributed by atoms with Crippen LogP contribution in [0.4, 0.5) is 5.69 Å². The number of piperidine rings is 1. The number of rotatable bonds is 4. The minimum Gasteiger partial charge on any atom is -0.382 e. The van der Waals surface area contributed by atoms with Gasteiger partial charge in [-0.2, -0.15) is 5.21 Å². The highest BCUT2D eigenvalue weighted by molar-refractivity contribution is 5.61. The topological polar surface area (TPSA) is 69.7 Å². The van der Waals surface area contributed by atoms with Crippen molar-refractivity contribution in [3.63, 3.8) is 0 Å². The number of tetrazole rings is 1. The second-order valence-electron chi connectivity index (χ2n) is 5.89. The molecule has 0 saturated carbocycles. The SMILES string of the molecule is CC(Nc1cccc(-c2nn[nH]n2)c1)C1CCN(C)CC1. The first-order chi connectivity index (χ1) is 10.2. The van der Waals surface area contributed by atoms with E-state index in [-0.39, 0.29) is 0 Å². The Bertz CT molecular complexity index is 559. The third-order valence-electron chi connectivity index (χ3n) is 4.33. The molecule has 21 heavy (non-hydrogen) atoms. The quantitative estimate of drug-likeness (QED) is 0.899. The molecule has 1 unspecified atom stereocenters. The Labute approximate surface area is 124 Å². The van der Waals surface area contributed by atoms with E-state index in [2.05, 4.69) is 56.9 Å². The van der Waals surface area contributed by atoms with Gasteiger partial charge in [-0.05, 0) is 63.2 Å².